The monoisotopic (exact) mass is 447 g/mol. The molecule has 0 radical (unpaired) electrons. The second kappa shape index (κ2) is 8.06. The number of aryl methyl sites for hydroxylation is 2. The molecule has 1 aromatic heterocycles. The van der Waals surface area contributed by atoms with E-state index in [2.05, 4.69) is 30.6 Å². The molecule has 8 heteroatoms. The van der Waals surface area contributed by atoms with Crippen molar-refractivity contribution < 1.29 is 13.2 Å². The lowest BCUT2D eigenvalue weighted by Crippen LogP contribution is -2.15. The van der Waals surface area contributed by atoms with Crippen molar-refractivity contribution in [2.75, 3.05) is 4.72 Å². The van der Waals surface area contributed by atoms with Crippen LogP contribution < -0.4 is 9.46 Å². The molecule has 0 aliphatic heterocycles. The van der Waals surface area contributed by atoms with Crippen LogP contribution >= 0.6 is 15.9 Å². The molecule has 0 fully saturated rings. The van der Waals surface area contributed by atoms with Gasteiger partial charge in [0.2, 0.25) is 5.82 Å². The third kappa shape index (κ3) is 5.05. The summed E-state index contributed by atoms with van der Waals surface area (Å²) in [4.78, 5) is 8.45. The van der Waals surface area contributed by atoms with E-state index >= 15 is 0 Å². The molecule has 0 aliphatic rings. The van der Waals surface area contributed by atoms with Crippen LogP contribution in [0.15, 0.2) is 64.2 Å². The number of anilines is 1. The smallest absolute Gasteiger partial charge is 0.263 e. The van der Waals surface area contributed by atoms with Crippen molar-refractivity contribution in [1.82, 2.24) is 9.97 Å². The summed E-state index contributed by atoms with van der Waals surface area (Å²) in [5.41, 5.74) is 3.06. The highest BCUT2D eigenvalue weighted by Gasteiger charge is 2.19. The zero-order valence-corrected chi connectivity index (χ0v) is 17.2. The van der Waals surface area contributed by atoms with Gasteiger partial charge in [0, 0.05) is 0 Å². The summed E-state index contributed by atoms with van der Waals surface area (Å²) >= 11 is 3.23. The van der Waals surface area contributed by atoms with Crippen LogP contribution in [-0.2, 0) is 16.6 Å². The zero-order chi connectivity index (χ0) is 19.4. The lowest BCUT2D eigenvalue weighted by molar-refractivity contribution is 0.294. The Bertz CT molecular complexity index is 1040. The summed E-state index contributed by atoms with van der Waals surface area (Å²) in [6, 6.07) is 14.4. The summed E-state index contributed by atoms with van der Waals surface area (Å²) in [5, 5.41) is 0. The molecule has 0 spiro atoms. The molecule has 3 rings (SSSR count). The lowest BCUT2D eigenvalue weighted by Gasteiger charge is -2.12. The van der Waals surface area contributed by atoms with Crippen LogP contribution in [0.25, 0.3) is 0 Å². The normalized spacial score (nSPS) is 11.2. The summed E-state index contributed by atoms with van der Waals surface area (Å²) in [6.07, 6.45) is 1.41. The van der Waals surface area contributed by atoms with E-state index in [1.165, 1.54) is 18.3 Å². The van der Waals surface area contributed by atoms with E-state index in [1.807, 2.05) is 38.1 Å². The number of aromatic nitrogens is 2. The van der Waals surface area contributed by atoms with Crippen molar-refractivity contribution in [2.45, 2.75) is 25.3 Å². The highest BCUT2D eigenvalue weighted by Crippen LogP contribution is 2.25. The Hall–Kier alpha value is -2.45. The molecule has 0 atom stereocenters. The van der Waals surface area contributed by atoms with E-state index in [4.69, 9.17) is 4.74 Å². The molecule has 27 heavy (non-hydrogen) atoms. The third-order valence-corrected chi connectivity index (χ3v) is 5.51. The number of ether oxygens (including phenoxy) is 1. The topological polar surface area (TPSA) is 81.2 Å². The number of halogens is 1. The summed E-state index contributed by atoms with van der Waals surface area (Å²) in [6.45, 7) is 4.13. The van der Waals surface area contributed by atoms with Crippen molar-refractivity contribution in [3.05, 3.63) is 76.0 Å². The Morgan fingerprint density at radius 2 is 1.59 bits per heavy atom. The fourth-order valence-corrected chi connectivity index (χ4v) is 3.53. The number of sulfonamides is 1. The van der Waals surface area contributed by atoms with Gasteiger partial charge in [-0.2, -0.15) is 0 Å². The molecule has 0 aliphatic carbocycles. The van der Waals surface area contributed by atoms with E-state index < -0.39 is 10.0 Å². The Morgan fingerprint density at radius 1 is 1.00 bits per heavy atom. The summed E-state index contributed by atoms with van der Waals surface area (Å²) < 4.78 is 33.8. The Labute approximate surface area is 166 Å². The molecule has 6 nitrogen and oxygen atoms in total. The molecular weight excluding hydrogens is 430 g/mol. The van der Waals surface area contributed by atoms with Crippen LogP contribution in [0.3, 0.4) is 0 Å². The maximum absolute atomic E-state index is 12.6. The second-order valence-electron chi connectivity index (χ2n) is 6.04. The van der Waals surface area contributed by atoms with Gasteiger partial charge in [-0.15, -0.1) is 0 Å². The number of hydrogen-bond donors (Lipinski definition) is 1. The fourth-order valence-electron chi connectivity index (χ4n) is 2.26. The molecule has 0 amide bonds. The van der Waals surface area contributed by atoms with Gasteiger partial charge in [0.1, 0.15) is 11.2 Å². The second-order valence-corrected chi connectivity index (χ2v) is 8.53. The summed E-state index contributed by atoms with van der Waals surface area (Å²) in [5.74, 6) is 0.131. The molecule has 0 bridgehead atoms. The first-order valence-corrected chi connectivity index (χ1v) is 10.4. The number of hydrogen-bond acceptors (Lipinski definition) is 5. The first-order chi connectivity index (χ1) is 12.8. The highest BCUT2D eigenvalue weighted by molar-refractivity contribution is 9.10. The highest BCUT2D eigenvalue weighted by atomic mass is 79.9. The van der Waals surface area contributed by atoms with Crippen molar-refractivity contribution in [3.8, 4) is 5.88 Å². The quantitative estimate of drug-likeness (QED) is 0.610. The number of rotatable bonds is 6. The number of nitrogens with zero attached hydrogens (tertiary/aromatic N) is 2. The van der Waals surface area contributed by atoms with E-state index in [9.17, 15) is 8.42 Å². The van der Waals surface area contributed by atoms with E-state index in [1.54, 1.807) is 12.1 Å². The van der Waals surface area contributed by atoms with Gasteiger partial charge in [0.15, 0.2) is 0 Å². The average Bonchev–Trinajstić information content (AvgIpc) is 2.63. The molecular formula is C19H18BrN3O3S. The Morgan fingerprint density at radius 3 is 2.22 bits per heavy atom. The maximum Gasteiger partial charge on any atom is 0.263 e. The predicted molar refractivity (Wildman–Crippen MR) is 107 cm³/mol. The van der Waals surface area contributed by atoms with Gasteiger partial charge < -0.3 is 4.74 Å². The minimum Gasteiger partial charge on any atom is -0.470 e. The zero-order valence-electron chi connectivity index (χ0n) is 14.8. The Balaban J connectivity index is 1.83. The molecule has 0 saturated heterocycles. The van der Waals surface area contributed by atoms with E-state index in [-0.39, 0.29) is 23.2 Å². The van der Waals surface area contributed by atoms with Crippen LogP contribution in [0.2, 0.25) is 0 Å². The minimum absolute atomic E-state index is 0.0332. The molecule has 3 aromatic rings. The van der Waals surface area contributed by atoms with Gasteiger partial charge >= 0.3 is 0 Å². The lowest BCUT2D eigenvalue weighted by atomic mass is 10.2. The van der Waals surface area contributed by atoms with Gasteiger partial charge in [-0.3, -0.25) is 4.72 Å². The molecule has 0 saturated carbocycles. The van der Waals surface area contributed by atoms with Crippen molar-refractivity contribution >= 4 is 31.8 Å². The molecule has 2 aromatic carbocycles. The van der Waals surface area contributed by atoms with Crippen LogP contribution in [0.5, 0.6) is 5.88 Å². The average molecular weight is 448 g/mol. The van der Waals surface area contributed by atoms with Crippen LogP contribution in [0.1, 0.15) is 16.7 Å². The first kappa shape index (κ1) is 19.3. The number of nitrogens with one attached hydrogen (secondary N) is 1. The van der Waals surface area contributed by atoms with Gasteiger partial charge in [-0.1, -0.05) is 47.5 Å². The molecule has 0 unspecified atom stereocenters. The standard InChI is InChI=1S/C19H18BrN3O3S/c1-13-3-7-15(8-4-13)12-26-19-18(21-11-17(20)22-19)23-27(24,25)16-9-5-14(2)6-10-16/h3-11H,12H2,1-2H3,(H,21,23). The largest absolute Gasteiger partial charge is 0.470 e. The Kier molecular flexibility index (Phi) is 5.76. The van der Waals surface area contributed by atoms with Crippen LogP contribution in [0.4, 0.5) is 5.82 Å². The van der Waals surface area contributed by atoms with Crippen molar-refractivity contribution in [3.63, 3.8) is 0 Å². The van der Waals surface area contributed by atoms with Gasteiger partial charge in [-0.25, -0.2) is 18.4 Å². The van der Waals surface area contributed by atoms with Gasteiger partial charge in [0.25, 0.3) is 15.9 Å². The van der Waals surface area contributed by atoms with Crippen molar-refractivity contribution in [2.24, 2.45) is 0 Å². The maximum atomic E-state index is 12.6. The minimum atomic E-state index is -3.80. The molecule has 140 valence electrons. The fraction of sp³-hybridized carbons (Fsp3) is 0.158. The van der Waals surface area contributed by atoms with E-state index in [0.29, 0.717) is 4.60 Å². The van der Waals surface area contributed by atoms with Crippen LogP contribution in [-0.4, -0.2) is 18.4 Å². The van der Waals surface area contributed by atoms with Gasteiger partial charge in [0.05, 0.1) is 11.1 Å². The first-order valence-electron chi connectivity index (χ1n) is 8.14. The van der Waals surface area contributed by atoms with Crippen molar-refractivity contribution in [1.29, 1.82) is 0 Å². The predicted octanol–water partition coefficient (Wildman–Crippen LogP) is 4.24. The SMILES string of the molecule is Cc1ccc(COc2nc(Br)cnc2NS(=O)(=O)c2ccc(C)cc2)cc1. The van der Waals surface area contributed by atoms with Gasteiger partial charge in [-0.05, 0) is 47.5 Å². The van der Waals surface area contributed by atoms with E-state index in [0.717, 1.165) is 16.7 Å². The van der Waals surface area contributed by atoms with Crippen LogP contribution in [0, 0.1) is 13.8 Å². The summed E-state index contributed by atoms with van der Waals surface area (Å²) in [7, 11) is -3.80. The third-order valence-electron chi connectivity index (χ3n) is 3.77. The molecule has 1 heterocycles. The number of benzene rings is 2. The molecule has 1 N–H and O–H groups in total.